The van der Waals surface area contributed by atoms with Gasteiger partial charge in [-0.3, -0.25) is 4.79 Å². The fourth-order valence-corrected chi connectivity index (χ4v) is 0.870. The second-order valence-corrected chi connectivity index (χ2v) is 3.69. The summed E-state index contributed by atoms with van der Waals surface area (Å²) in [5, 5.41) is 2.74. The highest BCUT2D eigenvalue weighted by atomic mass is 32.1. The number of amides is 1. The topological polar surface area (TPSA) is 55.1 Å². The first-order chi connectivity index (χ1) is 5.52. The zero-order valence-corrected chi connectivity index (χ0v) is 8.41. The summed E-state index contributed by atoms with van der Waals surface area (Å²) >= 11 is 4.66. The van der Waals surface area contributed by atoms with Gasteiger partial charge in [0.2, 0.25) is 5.91 Å². The largest absolute Gasteiger partial charge is 0.393 e. The number of carbonyl (C=O) groups excluding carboxylic acids is 1. The van der Waals surface area contributed by atoms with Crippen molar-refractivity contribution in [3.05, 3.63) is 0 Å². The Morgan fingerprint density at radius 2 is 2.17 bits per heavy atom. The third-order valence-corrected chi connectivity index (χ3v) is 1.49. The summed E-state index contributed by atoms with van der Waals surface area (Å²) < 4.78 is 0. The van der Waals surface area contributed by atoms with Crippen LogP contribution in [0.4, 0.5) is 0 Å². The SMILES string of the molecule is CC(C)CC(=O)NCCC(N)=S. The van der Waals surface area contributed by atoms with E-state index in [1.165, 1.54) is 0 Å². The van der Waals surface area contributed by atoms with Gasteiger partial charge in [0.05, 0.1) is 4.99 Å². The van der Waals surface area contributed by atoms with E-state index < -0.39 is 0 Å². The lowest BCUT2D eigenvalue weighted by Gasteiger charge is -2.05. The average Bonchev–Trinajstić information content (AvgIpc) is 1.84. The average molecular weight is 188 g/mol. The van der Waals surface area contributed by atoms with Crippen LogP contribution < -0.4 is 11.1 Å². The van der Waals surface area contributed by atoms with Gasteiger partial charge in [-0.15, -0.1) is 0 Å². The summed E-state index contributed by atoms with van der Waals surface area (Å²) in [7, 11) is 0. The van der Waals surface area contributed by atoms with Gasteiger partial charge in [-0.1, -0.05) is 26.1 Å². The molecule has 1 amide bonds. The second-order valence-electron chi connectivity index (χ2n) is 3.16. The smallest absolute Gasteiger partial charge is 0.220 e. The van der Waals surface area contributed by atoms with Gasteiger partial charge >= 0.3 is 0 Å². The van der Waals surface area contributed by atoms with Crippen molar-refractivity contribution in [2.45, 2.75) is 26.7 Å². The molecule has 0 radical (unpaired) electrons. The van der Waals surface area contributed by atoms with E-state index in [9.17, 15) is 4.79 Å². The van der Waals surface area contributed by atoms with Gasteiger partial charge in [-0.25, -0.2) is 0 Å². The lowest BCUT2D eigenvalue weighted by atomic mass is 10.1. The summed E-state index contributed by atoms with van der Waals surface area (Å²) in [6, 6.07) is 0. The fourth-order valence-electron chi connectivity index (χ4n) is 0.768. The Labute approximate surface area is 78.7 Å². The maximum absolute atomic E-state index is 11.0. The van der Waals surface area contributed by atoms with Crippen molar-refractivity contribution in [2.24, 2.45) is 11.7 Å². The highest BCUT2D eigenvalue weighted by molar-refractivity contribution is 7.80. The zero-order valence-electron chi connectivity index (χ0n) is 7.59. The molecule has 12 heavy (non-hydrogen) atoms. The molecule has 0 heterocycles. The lowest BCUT2D eigenvalue weighted by Crippen LogP contribution is -2.28. The Hall–Kier alpha value is -0.640. The van der Waals surface area contributed by atoms with Crippen molar-refractivity contribution >= 4 is 23.1 Å². The Bertz CT molecular complexity index is 168. The number of carbonyl (C=O) groups is 1. The van der Waals surface area contributed by atoms with Gasteiger partial charge in [-0.05, 0) is 5.92 Å². The standard InChI is InChI=1S/C8H16N2OS/c1-6(2)5-8(11)10-4-3-7(9)12/h6H,3-5H2,1-2H3,(H2,9,12)(H,10,11). The van der Waals surface area contributed by atoms with E-state index in [-0.39, 0.29) is 5.91 Å². The molecule has 0 saturated heterocycles. The van der Waals surface area contributed by atoms with Gasteiger partial charge < -0.3 is 11.1 Å². The van der Waals surface area contributed by atoms with Crippen LogP contribution in [0.15, 0.2) is 0 Å². The predicted octanol–water partition coefficient (Wildman–Crippen LogP) is 0.825. The minimum absolute atomic E-state index is 0.0706. The van der Waals surface area contributed by atoms with Crippen molar-refractivity contribution in [2.75, 3.05) is 6.54 Å². The van der Waals surface area contributed by atoms with Crippen LogP contribution in [0, 0.1) is 5.92 Å². The molecule has 70 valence electrons. The highest BCUT2D eigenvalue weighted by Gasteiger charge is 2.03. The molecule has 3 N–H and O–H groups in total. The van der Waals surface area contributed by atoms with Gasteiger partial charge in [0.15, 0.2) is 0 Å². The molecule has 0 fully saturated rings. The van der Waals surface area contributed by atoms with E-state index in [0.717, 1.165) is 0 Å². The molecular weight excluding hydrogens is 172 g/mol. The van der Waals surface area contributed by atoms with Crippen LogP contribution in [0.25, 0.3) is 0 Å². The van der Waals surface area contributed by atoms with E-state index in [0.29, 0.717) is 30.3 Å². The summed E-state index contributed by atoms with van der Waals surface area (Å²) in [5.74, 6) is 0.469. The number of nitrogens with one attached hydrogen (secondary N) is 1. The van der Waals surface area contributed by atoms with Crippen LogP contribution in [-0.2, 0) is 4.79 Å². The maximum atomic E-state index is 11.0. The highest BCUT2D eigenvalue weighted by Crippen LogP contribution is 1.97. The minimum atomic E-state index is 0.0706. The Kier molecular flexibility index (Phi) is 5.62. The molecular formula is C8H16N2OS. The quantitative estimate of drug-likeness (QED) is 0.628. The molecule has 3 nitrogen and oxygen atoms in total. The van der Waals surface area contributed by atoms with E-state index in [4.69, 9.17) is 5.73 Å². The van der Waals surface area contributed by atoms with Crippen LogP contribution in [0.3, 0.4) is 0 Å². The van der Waals surface area contributed by atoms with Crippen LogP contribution >= 0.6 is 12.2 Å². The Morgan fingerprint density at radius 3 is 2.58 bits per heavy atom. The van der Waals surface area contributed by atoms with Crippen molar-refractivity contribution in [1.29, 1.82) is 0 Å². The third-order valence-electron chi connectivity index (χ3n) is 1.29. The molecule has 0 spiro atoms. The summed E-state index contributed by atoms with van der Waals surface area (Å²) in [5.41, 5.74) is 5.26. The van der Waals surface area contributed by atoms with E-state index >= 15 is 0 Å². The normalized spacial score (nSPS) is 9.92. The molecule has 0 aromatic rings. The number of thiocarbonyl (C=S) groups is 1. The Balaban J connectivity index is 3.38. The van der Waals surface area contributed by atoms with Crippen molar-refractivity contribution < 1.29 is 4.79 Å². The molecule has 0 aliphatic rings. The summed E-state index contributed by atoms with van der Waals surface area (Å²) in [4.78, 5) is 11.5. The van der Waals surface area contributed by atoms with Crippen molar-refractivity contribution in [3.63, 3.8) is 0 Å². The van der Waals surface area contributed by atoms with E-state index in [1.54, 1.807) is 0 Å². The van der Waals surface area contributed by atoms with Gasteiger partial charge in [0.1, 0.15) is 0 Å². The fraction of sp³-hybridized carbons (Fsp3) is 0.750. The summed E-state index contributed by atoms with van der Waals surface area (Å²) in [6.07, 6.45) is 1.15. The molecule has 0 aliphatic heterocycles. The number of nitrogens with two attached hydrogens (primary N) is 1. The lowest BCUT2D eigenvalue weighted by molar-refractivity contribution is -0.121. The third kappa shape index (κ3) is 7.47. The molecule has 0 bridgehead atoms. The maximum Gasteiger partial charge on any atom is 0.220 e. The molecule has 0 atom stereocenters. The first kappa shape index (κ1) is 11.4. The molecule has 0 aliphatic carbocycles. The molecule has 0 aromatic heterocycles. The summed E-state index contributed by atoms with van der Waals surface area (Å²) in [6.45, 7) is 4.57. The number of hydrogen-bond donors (Lipinski definition) is 2. The van der Waals surface area contributed by atoms with Gasteiger partial charge in [-0.2, -0.15) is 0 Å². The van der Waals surface area contributed by atoms with Crippen molar-refractivity contribution in [1.82, 2.24) is 5.32 Å². The predicted molar refractivity (Wildman–Crippen MR) is 53.9 cm³/mol. The Morgan fingerprint density at radius 1 is 1.58 bits per heavy atom. The molecule has 4 heteroatoms. The first-order valence-electron chi connectivity index (χ1n) is 4.07. The van der Waals surface area contributed by atoms with Gasteiger partial charge in [0.25, 0.3) is 0 Å². The van der Waals surface area contributed by atoms with Crippen LogP contribution in [0.5, 0.6) is 0 Å². The molecule has 0 saturated carbocycles. The van der Waals surface area contributed by atoms with E-state index in [2.05, 4.69) is 17.5 Å². The zero-order chi connectivity index (χ0) is 9.56. The molecule has 0 aromatic carbocycles. The van der Waals surface area contributed by atoms with Gasteiger partial charge in [0, 0.05) is 19.4 Å². The number of rotatable bonds is 5. The first-order valence-corrected chi connectivity index (χ1v) is 4.48. The minimum Gasteiger partial charge on any atom is -0.393 e. The molecule has 0 unspecified atom stereocenters. The van der Waals surface area contributed by atoms with Crippen LogP contribution in [-0.4, -0.2) is 17.4 Å². The molecule has 0 rings (SSSR count). The van der Waals surface area contributed by atoms with E-state index in [1.807, 2.05) is 13.8 Å². The van der Waals surface area contributed by atoms with Crippen molar-refractivity contribution in [3.8, 4) is 0 Å². The van der Waals surface area contributed by atoms with Crippen LogP contribution in [0.1, 0.15) is 26.7 Å². The second kappa shape index (κ2) is 5.94. The number of hydrogen-bond acceptors (Lipinski definition) is 2. The monoisotopic (exact) mass is 188 g/mol. The van der Waals surface area contributed by atoms with Crippen LogP contribution in [0.2, 0.25) is 0 Å².